The fraction of sp³-hybridized carbons (Fsp3) is 0.895. The van der Waals surface area contributed by atoms with E-state index < -0.39 is 23.5 Å². The molecule has 1 unspecified atom stereocenters. The number of carbonyl (C=O) groups excluding carboxylic acids is 2. The van der Waals surface area contributed by atoms with E-state index in [9.17, 15) is 9.59 Å². The van der Waals surface area contributed by atoms with Gasteiger partial charge in [0.05, 0.1) is 5.41 Å². The van der Waals surface area contributed by atoms with Crippen molar-refractivity contribution in [1.29, 1.82) is 0 Å². The van der Waals surface area contributed by atoms with E-state index in [2.05, 4.69) is 0 Å². The highest BCUT2D eigenvalue weighted by Crippen LogP contribution is 2.37. The fourth-order valence-electron chi connectivity index (χ4n) is 3.17. The molecule has 0 aromatic carbocycles. The molecule has 0 aliphatic heterocycles. The van der Waals surface area contributed by atoms with Crippen LogP contribution in [0.4, 0.5) is 0 Å². The topological polar surface area (TPSA) is 97.1 Å². The van der Waals surface area contributed by atoms with Crippen LogP contribution >= 0.6 is 0 Å². The van der Waals surface area contributed by atoms with E-state index in [1.54, 1.807) is 13.8 Å². The van der Waals surface area contributed by atoms with Crippen molar-refractivity contribution in [2.45, 2.75) is 78.8 Å². The first-order valence-electron chi connectivity index (χ1n) is 9.64. The molecule has 7 nitrogen and oxygen atoms in total. The van der Waals surface area contributed by atoms with Gasteiger partial charge in [-0.05, 0) is 26.7 Å². The number of ether oxygens (including phenoxy) is 4. The first-order valence-corrected chi connectivity index (χ1v) is 9.64. The van der Waals surface area contributed by atoms with Crippen LogP contribution in [0, 0.1) is 11.3 Å². The molecular weight excluding hydrogens is 338 g/mol. The smallest absolute Gasteiger partial charge is 0.369 e. The molecule has 1 atom stereocenters. The third-order valence-electron chi connectivity index (χ3n) is 4.84. The number of hydrogen-bond donors (Lipinski definition) is 1. The van der Waals surface area contributed by atoms with E-state index in [4.69, 9.17) is 24.7 Å². The summed E-state index contributed by atoms with van der Waals surface area (Å²) < 4.78 is 21.9. The van der Waals surface area contributed by atoms with E-state index in [-0.39, 0.29) is 31.6 Å². The Morgan fingerprint density at radius 1 is 1.04 bits per heavy atom. The average Bonchev–Trinajstić information content (AvgIpc) is 2.61. The standard InChI is InChI=1S/C19H35NO6/c1-6-23-18(5,24-7-2)16(21)25-15(14(3)4)26-17(22)19(13-20)11-9-8-10-12-19/h14-15H,6-13,20H2,1-5H3. The summed E-state index contributed by atoms with van der Waals surface area (Å²) in [5.41, 5.74) is 5.21. The van der Waals surface area contributed by atoms with Gasteiger partial charge in [0.25, 0.3) is 5.79 Å². The Kier molecular flexibility index (Phi) is 9.00. The molecule has 1 aliphatic rings. The van der Waals surface area contributed by atoms with Crippen LogP contribution in [0.1, 0.15) is 66.7 Å². The van der Waals surface area contributed by atoms with Crippen molar-refractivity contribution in [1.82, 2.24) is 0 Å². The van der Waals surface area contributed by atoms with Gasteiger partial charge < -0.3 is 24.7 Å². The monoisotopic (exact) mass is 373 g/mol. The second-order valence-electron chi connectivity index (χ2n) is 7.28. The van der Waals surface area contributed by atoms with Crippen LogP contribution in [-0.2, 0) is 28.5 Å². The Morgan fingerprint density at radius 2 is 1.58 bits per heavy atom. The Hall–Kier alpha value is -1.18. The zero-order chi connectivity index (χ0) is 19.8. The molecule has 1 fully saturated rings. The summed E-state index contributed by atoms with van der Waals surface area (Å²) in [5.74, 6) is -2.84. The number of hydrogen-bond acceptors (Lipinski definition) is 7. The first kappa shape index (κ1) is 22.9. The van der Waals surface area contributed by atoms with Gasteiger partial charge in [-0.25, -0.2) is 4.79 Å². The van der Waals surface area contributed by atoms with Crippen molar-refractivity contribution >= 4 is 11.9 Å². The highest BCUT2D eigenvalue weighted by molar-refractivity contribution is 5.79. The molecule has 152 valence electrons. The van der Waals surface area contributed by atoms with Gasteiger partial charge in [0.1, 0.15) is 0 Å². The van der Waals surface area contributed by atoms with Crippen molar-refractivity contribution in [3.8, 4) is 0 Å². The Balaban J connectivity index is 2.85. The van der Waals surface area contributed by atoms with Gasteiger partial charge in [-0.3, -0.25) is 4.79 Å². The van der Waals surface area contributed by atoms with Gasteiger partial charge in [0.15, 0.2) is 0 Å². The summed E-state index contributed by atoms with van der Waals surface area (Å²) in [4.78, 5) is 25.4. The Labute approximate surface area is 156 Å². The van der Waals surface area contributed by atoms with Gasteiger partial charge >= 0.3 is 11.9 Å². The summed E-state index contributed by atoms with van der Waals surface area (Å²) in [6.45, 7) is 9.48. The molecule has 0 amide bonds. The van der Waals surface area contributed by atoms with Gasteiger partial charge in [-0.1, -0.05) is 33.1 Å². The number of carbonyl (C=O) groups is 2. The van der Waals surface area contributed by atoms with Gasteiger partial charge in [-0.2, -0.15) is 0 Å². The third-order valence-corrected chi connectivity index (χ3v) is 4.84. The Bertz CT molecular complexity index is 453. The van der Waals surface area contributed by atoms with E-state index >= 15 is 0 Å². The normalized spacial score (nSPS) is 18.4. The van der Waals surface area contributed by atoms with E-state index in [0.717, 1.165) is 19.3 Å². The third kappa shape index (κ3) is 5.66. The van der Waals surface area contributed by atoms with Crippen molar-refractivity contribution in [2.24, 2.45) is 17.1 Å². The van der Waals surface area contributed by atoms with Gasteiger partial charge in [-0.15, -0.1) is 0 Å². The van der Waals surface area contributed by atoms with E-state index in [1.165, 1.54) is 6.92 Å². The largest absolute Gasteiger partial charge is 0.424 e. The van der Waals surface area contributed by atoms with Crippen LogP contribution in [0.25, 0.3) is 0 Å². The lowest BCUT2D eigenvalue weighted by Gasteiger charge is -2.36. The summed E-state index contributed by atoms with van der Waals surface area (Å²) >= 11 is 0. The quantitative estimate of drug-likeness (QED) is 0.464. The van der Waals surface area contributed by atoms with Crippen LogP contribution in [0.5, 0.6) is 0 Å². The number of esters is 2. The Morgan fingerprint density at radius 3 is 2.00 bits per heavy atom. The molecule has 0 aromatic heterocycles. The lowest BCUT2D eigenvalue weighted by molar-refractivity contribution is -0.258. The number of rotatable bonds is 10. The minimum atomic E-state index is -1.53. The van der Waals surface area contributed by atoms with Crippen LogP contribution in [0.3, 0.4) is 0 Å². The minimum absolute atomic E-state index is 0.214. The highest BCUT2D eigenvalue weighted by atomic mass is 16.8. The van der Waals surface area contributed by atoms with Crippen molar-refractivity contribution in [3.05, 3.63) is 0 Å². The second-order valence-corrected chi connectivity index (χ2v) is 7.28. The first-order chi connectivity index (χ1) is 12.2. The molecule has 0 spiro atoms. The summed E-state index contributed by atoms with van der Waals surface area (Å²) in [5, 5.41) is 0. The highest BCUT2D eigenvalue weighted by Gasteiger charge is 2.43. The van der Waals surface area contributed by atoms with E-state index in [0.29, 0.717) is 12.8 Å². The molecule has 7 heteroatoms. The molecule has 0 saturated heterocycles. The van der Waals surface area contributed by atoms with Crippen LogP contribution in [-0.4, -0.2) is 43.8 Å². The molecule has 1 saturated carbocycles. The SMILES string of the molecule is CCOC(C)(OCC)C(=O)OC(OC(=O)C1(CN)CCCCC1)C(C)C. The maximum Gasteiger partial charge on any atom is 0.369 e. The zero-order valence-electron chi connectivity index (χ0n) is 16.8. The molecule has 0 bridgehead atoms. The average molecular weight is 373 g/mol. The summed E-state index contributed by atoms with van der Waals surface area (Å²) in [6, 6.07) is 0. The molecule has 1 aliphatic carbocycles. The predicted octanol–water partition coefficient (Wildman–Crippen LogP) is 2.75. The van der Waals surface area contributed by atoms with E-state index in [1.807, 2.05) is 13.8 Å². The van der Waals surface area contributed by atoms with Crippen molar-refractivity contribution < 1.29 is 28.5 Å². The molecule has 0 radical (unpaired) electrons. The molecular formula is C19H35NO6. The van der Waals surface area contributed by atoms with Gasteiger partial charge in [0, 0.05) is 32.6 Å². The van der Waals surface area contributed by atoms with Crippen LogP contribution in [0.2, 0.25) is 0 Å². The summed E-state index contributed by atoms with van der Waals surface area (Å²) in [7, 11) is 0. The zero-order valence-corrected chi connectivity index (χ0v) is 16.8. The predicted molar refractivity (Wildman–Crippen MR) is 97.0 cm³/mol. The lowest BCUT2D eigenvalue weighted by atomic mass is 9.74. The van der Waals surface area contributed by atoms with Crippen LogP contribution < -0.4 is 5.73 Å². The molecule has 0 heterocycles. The minimum Gasteiger partial charge on any atom is -0.424 e. The molecule has 1 rings (SSSR count). The summed E-state index contributed by atoms with van der Waals surface area (Å²) in [6.07, 6.45) is 3.39. The maximum atomic E-state index is 12.8. The van der Waals surface area contributed by atoms with Gasteiger partial charge in [0.2, 0.25) is 6.29 Å². The molecule has 2 N–H and O–H groups in total. The number of nitrogens with two attached hydrogens (primary N) is 1. The lowest BCUT2D eigenvalue weighted by Crippen LogP contribution is -2.48. The van der Waals surface area contributed by atoms with Crippen LogP contribution in [0.15, 0.2) is 0 Å². The fourth-order valence-corrected chi connectivity index (χ4v) is 3.17. The second kappa shape index (κ2) is 10.2. The molecule has 0 aromatic rings. The molecule has 26 heavy (non-hydrogen) atoms. The maximum absolute atomic E-state index is 12.8. The van der Waals surface area contributed by atoms with Crippen molar-refractivity contribution in [3.63, 3.8) is 0 Å². The van der Waals surface area contributed by atoms with Crippen molar-refractivity contribution in [2.75, 3.05) is 19.8 Å².